The number of rotatable bonds is 7. The molecule has 0 saturated carbocycles. The van der Waals surface area contributed by atoms with Crippen LogP contribution in [0, 0.1) is 19.8 Å². The standard InChI is InChI=1S/C33H33N/c1-22-12-15-26(16-13-22)20-32-25(4)30-11-7-8-23(2)33(30)31(32)19-14-24(3)34-29-18-17-27-9-5-6-10-28(27)21-29/h5-13,15-18,21,31-32,34H,3-4,14,19-20H2,1-2H3. The van der Waals surface area contributed by atoms with Crippen LogP contribution in [-0.2, 0) is 6.42 Å². The third-order valence-electron chi connectivity index (χ3n) is 7.38. The lowest BCUT2D eigenvalue weighted by atomic mass is 9.81. The molecule has 0 saturated heterocycles. The van der Waals surface area contributed by atoms with E-state index in [1.807, 2.05) is 0 Å². The van der Waals surface area contributed by atoms with Gasteiger partial charge in [0.2, 0.25) is 0 Å². The maximum atomic E-state index is 4.57. The number of nitrogens with one attached hydrogen (secondary N) is 1. The van der Waals surface area contributed by atoms with Gasteiger partial charge in [0.15, 0.2) is 0 Å². The predicted molar refractivity (Wildman–Crippen MR) is 147 cm³/mol. The molecule has 2 atom stereocenters. The fourth-order valence-corrected chi connectivity index (χ4v) is 5.55. The summed E-state index contributed by atoms with van der Waals surface area (Å²) in [5.41, 5.74) is 10.4. The molecular formula is C33H33N. The fourth-order valence-electron chi connectivity index (χ4n) is 5.55. The van der Waals surface area contributed by atoms with E-state index in [1.54, 1.807) is 0 Å². The van der Waals surface area contributed by atoms with Crippen LogP contribution in [0.1, 0.15) is 46.6 Å². The van der Waals surface area contributed by atoms with Crippen molar-refractivity contribution < 1.29 is 0 Å². The van der Waals surface area contributed by atoms with Gasteiger partial charge in [-0.3, -0.25) is 0 Å². The average Bonchev–Trinajstić information content (AvgIpc) is 3.11. The van der Waals surface area contributed by atoms with Crippen molar-refractivity contribution in [2.75, 3.05) is 5.32 Å². The maximum Gasteiger partial charge on any atom is 0.0388 e. The summed E-state index contributed by atoms with van der Waals surface area (Å²) in [5, 5.41) is 6.07. The minimum atomic E-state index is 0.423. The van der Waals surface area contributed by atoms with Crippen molar-refractivity contribution in [2.45, 2.75) is 39.0 Å². The van der Waals surface area contributed by atoms with Crippen molar-refractivity contribution in [1.82, 2.24) is 0 Å². The summed E-state index contributed by atoms with van der Waals surface area (Å²) < 4.78 is 0. The van der Waals surface area contributed by atoms with Gasteiger partial charge in [0, 0.05) is 11.4 Å². The molecule has 0 aliphatic heterocycles. The molecule has 1 heteroatoms. The van der Waals surface area contributed by atoms with E-state index >= 15 is 0 Å². The lowest BCUT2D eigenvalue weighted by molar-refractivity contribution is 0.504. The summed E-state index contributed by atoms with van der Waals surface area (Å²) in [6.45, 7) is 13.3. The maximum absolute atomic E-state index is 4.57. The SMILES string of the molecule is C=C(CCC1c2c(C)cccc2C(=C)C1Cc1ccc(C)cc1)Nc1ccc2ccccc2c1. The zero-order valence-corrected chi connectivity index (χ0v) is 20.3. The average molecular weight is 444 g/mol. The first-order valence-electron chi connectivity index (χ1n) is 12.3. The lowest BCUT2D eigenvalue weighted by Crippen LogP contribution is -2.12. The van der Waals surface area contributed by atoms with E-state index in [2.05, 4.69) is 117 Å². The van der Waals surface area contributed by atoms with Crippen LogP contribution < -0.4 is 5.32 Å². The van der Waals surface area contributed by atoms with Gasteiger partial charge in [-0.25, -0.2) is 0 Å². The zero-order valence-electron chi connectivity index (χ0n) is 20.3. The summed E-state index contributed by atoms with van der Waals surface area (Å²) in [6.07, 6.45) is 3.03. The quantitative estimate of drug-likeness (QED) is 0.301. The van der Waals surface area contributed by atoms with Crippen LogP contribution >= 0.6 is 0 Å². The minimum Gasteiger partial charge on any atom is -0.359 e. The smallest absolute Gasteiger partial charge is 0.0388 e. The van der Waals surface area contributed by atoms with Gasteiger partial charge in [-0.2, -0.15) is 0 Å². The molecule has 0 fully saturated rings. The van der Waals surface area contributed by atoms with E-state index in [0.717, 1.165) is 30.6 Å². The highest BCUT2D eigenvalue weighted by atomic mass is 14.9. The third-order valence-corrected chi connectivity index (χ3v) is 7.38. The summed E-state index contributed by atoms with van der Waals surface area (Å²) >= 11 is 0. The molecule has 0 spiro atoms. The molecule has 4 aromatic rings. The van der Waals surface area contributed by atoms with Gasteiger partial charge in [0.05, 0.1) is 0 Å². The van der Waals surface area contributed by atoms with Crippen molar-refractivity contribution in [3.05, 3.63) is 132 Å². The van der Waals surface area contributed by atoms with Crippen molar-refractivity contribution in [3.8, 4) is 0 Å². The molecule has 0 amide bonds. The first kappa shape index (κ1) is 22.2. The molecule has 1 nitrogen and oxygen atoms in total. The van der Waals surface area contributed by atoms with Crippen LogP contribution in [0.15, 0.2) is 104 Å². The van der Waals surface area contributed by atoms with Gasteiger partial charge in [-0.15, -0.1) is 0 Å². The van der Waals surface area contributed by atoms with Crippen LogP contribution in [0.4, 0.5) is 5.69 Å². The normalized spacial score (nSPS) is 17.1. The van der Waals surface area contributed by atoms with Crippen LogP contribution in [0.2, 0.25) is 0 Å². The molecule has 5 rings (SSSR count). The molecule has 4 aromatic carbocycles. The van der Waals surface area contributed by atoms with Gasteiger partial charge >= 0.3 is 0 Å². The molecular weight excluding hydrogens is 410 g/mol. The van der Waals surface area contributed by atoms with Crippen molar-refractivity contribution in [2.24, 2.45) is 5.92 Å². The number of fused-ring (bicyclic) bond motifs is 2. The number of hydrogen-bond acceptors (Lipinski definition) is 1. The van der Waals surface area contributed by atoms with Gasteiger partial charge in [-0.1, -0.05) is 91.5 Å². The second kappa shape index (κ2) is 9.35. The molecule has 1 aliphatic rings. The Bertz CT molecular complexity index is 1360. The monoisotopic (exact) mass is 443 g/mol. The van der Waals surface area contributed by atoms with E-state index < -0.39 is 0 Å². The van der Waals surface area contributed by atoms with E-state index in [0.29, 0.717) is 11.8 Å². The Morgan fingerprint density at radius 3 is 2.38 bits per heavy atom. The Kier molecular flexibility index (Phi) is 6.11. The van der Waals surface area contributed by atoms with Gasteiger partial charge in [0.25, 0.3) is 0 Å². The number of hydrogen-bond donors (Lipinski definition) is 1. The van der Waals surface area contributed by atoms with E-state index in [-0.39, 0.29) is 0 Å². The highest BCUT2D eigenvalue weighted by Crippen LogP contribution is 2.50. The summed E-state index contributed by atoms with van der Waals surface area (Å²) in [4.78, 5) is 0. The highest BCUT2D eigenvalue weighted by molar-refractivity contribution is 5.85. The number of benzene rings is 4. The minimum absolute atomic E-state index is 0.423. The van der Waals surface area contributed by atoms with Crippen LogP contribution in [0.3, 0.4) is 0 Å². The van der Waals surface area contributed by atoms with E-state index in [1.165, 1.54) is 44.2 Å². The second-order valence-electron chi connectivity index (χ2n) is 9.79. The molecule has 34 heavy (non-hydrogen) atoms. The Morgan fingerprint density at radius 1 is 0.824 bits per heavy atom. The molecule has 0 radical (unpaired) electrons. The van der Waals surface area contributed by atoms with Gasteiger partial charge in [-0.05, 0) is 95.7 Å². The highest BCUT2D eigenvalue weighted by Gasteiger charge is 2.36. The summed E-state index contributed by atoms with van der Waals surface area (Å²) in [7, 11) is 0. The molecule has 1 aliphatic carbocycles. The summed E-state index contributed by atoms with van der Waals surface area (Å²) in [6, 6.07) is 30.6. The molecule has 0 bridgehead atoms. The lowest BCUT2D eigenvalue weighted by Gasteiger charge is -2.23. The van der Waals surface area contributed by atoms with Crippen LogP contribution in [0.25, 0.3) is 16.3 Å². The van der Waals surface area contributed by atoms with Gasteiger partial charge < -0.3 is 5.32 Å². The van der Waals surface area contributed by atoms with Gasteiger partial charge in [0.1, 0.15) is 0 Å². The van der Waals surface area contributed by atoms with E-state index in [4.69, 9.17) is 0 Å². The van der Waals surface area contributed by atoms with E-state index in [9.17, 15) is 0 Å². The number of aryl methyl sites for hydroxylation is 2. The Hall–Kier alpha value is -3.58. The van der Waals surface area contributed by atoms with Crippen molar-refractivity contribution >= 4 is 22.0 Å². The number of anilines is 1. The first-order chi connectivity index (χ1) is 16.5. The van der Waals surface area contributed by atoms with Crippen molar-refractivity contribution in [3.63, 3.8) is 0 Å². The fraction of sp³-hybridized carbons (Fsp3) is 0.212. The number of allylic oxidation sites excluding steroid dienone is 2. The molecule has 0 heterocycles. The van der Waals surface area contributed by atoms with Crippen LogP contribution in [-0.4, -0.2) is 0 Å². The third kappa shape index (κ3) is 4.43. The Morgan fingerprint density at radius 2 is 1.59 bits per heavy atom. The van der Waals surface area contributed by atoms with Crippen LogP contribution in [0.5, 0.6) is 0 Å². The Balaban J connectivity index is 1.34. The molecule has 0 aromatic heterocycles. The topological polar surface area (TPSA) is 12.0 Å². The molecule has 170 valence electrons. The molecule has 1 N–H and O–H groups in total. The molecule has 2 unspecified atom stereocenters. The zero-order chi connectivity index (χ0) is 23.7. The van der Waals surface area contributed by atoms with Crippen molar-refractivity contribution in [1.29, 1.82) is 0 Å². The summed E-state index contributed by atoms with van der Waals surface area (Å²) in [5.74, 6) is 0.882. The second-order valence-corrected chi connectivity index (χ2v) is 9.79. The first-order valence-corrected chi connectivity index (χ1v) is 12.3. The predicted octanol–water partition coefficient (Wildman–Crippen LogP) is 8.83. The Labute approximate surface area is 203 Å². The largest absolute Gasteiger partial charge is 0.359 e.